The van der Waals surface area contributed by atoms with E-state index in [4.69, 9.17) is 28.4 Å². The van der Waals surface area contributed by atoms with Gasteiger partial charge in [-0.15, -0.1) is 0 Å². The molecule has 0 radical (unpaired) electrons. The molecule has 19 nitrogen and oxygen atoms in total. The Kier molecular flexibility index (Phi) is 46.4. The number of hydrogen-bond acceptors (Lipinski definition) is 18. The standard InChI is InChI=1S/C68H127NO18/c1-3-5-7-9-11-13-15-17-19-21-23-24-25-26-27-28-29-31-33-35-37-39-41-43-45-52(73)51(69-56(74)46-44-42-40-38-36-34-32-30-22-20-18-16-14-12-10-8-6-4-2)50-82-66-62(80)59(77)64(54(48-71)84-66)87-68-63(81)60(78)65(55(49-72)85-68)86-67-61(79)58(76)57(75)53(47-70)83-67/h35,37,43,45,51-55,57-68,70-73,75-81H,3-34,36,38-42,44,46-50H2,1-2H3,(H,69,74)/b37-35+,45-43+. The average Bonchev–Trinajstić information content (AvgIpc) is 2.88. The van der Waals surface area contributed by atoms with Gasteiger partial charge in [0.05, 0.1) is 38.6 Å². The van der Waals surface area contributed by atoms with Crippen LogP contribution in [0.15, 0.2) is 24.3 Å². The summed E-state index contributed by atoms with van der Waals surface area (Å²) in [4.78, 5) is 13.4. The lowest BCUT2D eigenvalue weighted by Gasteiger charge is -2.48. The normalized spacial score (nSPS) is 28.7. The number of ether oxygens (including phenoxy) is 6. The highest BCUT2D eigenvalue weighted by Crippen LogP contribution is 2.33. The van der Waals surface area contributed by atoms with E-state index in [-0.39, 0.29) is 18.9 Å². The number of carbonyl (C=O) groups excluding carboxylic acids is 1. The van der Waals surface area contributed by atoms with E-state index >= 15 is 0 Å². The highest BCUT2D eigenvalue weighted by atomic mass is 16.8. The largest absolute Gasteiger partial charge is 0.394 e. The quantitative estimate of drug-likeness (QED) is 0.0200. The van der Waals surface area contributed by atoms with Crippen molar-refractivity contribution in [1.29, 1.82) is 0 Å². The summed E-state index contributed by atoms with van der Waals surface area (Å²) in [6.07, 6.45) is 30.1. The molecule has 0 bridgehead atoms. The maximum absolute atomic E-state index is 13.4. The molecule has 17 atom stereocenters. The lowest BCUT2D eigenvalue weighted by Crippen LogP contribution is -2.66. The van der Waals surface area contributed by atoms with E-state index in [1.54, 1.807) is 6.08 Å². The van der Waals surface area contributed by atoms with E-state index in [1.165, 1.54) is 199 Å². The van der Waals surface area contributed by atoms with E-state index in [2.05, 4.69) is 31.3 Å². The van der Waals surface area contributed by atoms with Gasteiger partial charge in [-0.3, -0.25) is 4.79 Å². The fraction of sp³-hybridized carbons (Fsp3) is 0.926. The predicted molar refractivity (Wildman–Crippen MR) is 337 cm³/mol. The molecule has 3 aliphatic heterocycles. The third-order valence-electron chi connectivity index (χ3n) is 17.8. The van der Waals surface area contributed by atoms with Crippen molar-refractivity contribution in [2.24, 2.45) is 0 Å². The van der Waals surface area contributed by atoms with Crippen molar-refractivity contribution in [3.63, 3.8) is 0 Å². The Morgan fingerprint density at radius 1 is 0.402 bits per heavy atom. The monoisotopic (exact) mass is 1250 g/mol. The fourth-order valence-electron chi connectivity index (χ4n) is 12.0. The first kappa shape index (κ1) is 79.5. The van der Waals surface area contributed by atoms with Gasteiger partial charge in [0, 0.05) is 6.42 Å². The van der Waals surface area contributed by atoms with Gasteiger partial charge >= 0.3 is 0 Å². The molecule has 3 rings (SSSR count). The number of nitrogens with one attached hydrogen (secondary N) is 1. The first-order valence-electron chi connectivity index (χ1n) is 35.1. The van der Waals surface area contributed by atoms with E-state index < -0.39 is 124 Å². The molecular weight excluding hydrogens is 1120 g/mol. The second kappa shape index (κ2) is 50.8. The van der Waals surface area contributed by atoms with E-state index in [0.29, 0.717) is 12.8 Å². The summed E-state index contributed by atoms with van der Waals surface area (Å²) in [6, 6.07) is -0.986. The minimum absolute atomic E-state index is 0.240. The van der Waals surface area contributed by atoms with Crippen LogP contribution in [0.2, 0.25) is 0 Å². The van der Waals surface area contributed by atoms with Crippen LogP contribution in [0.1, 0.15) is 271 Å². The topological polar surface area (TPSA) is 307 Å². The van der Waals surface area contributed by atoms with Crippen LogP contribution in [0.4, 0.5) is 0 Å². The smallest absolute Gasteiger partial charge is 0.220 e. The van der Waals surface area contributed by atoms with Crippen LogP contribution >= 0.6 is 0 Å². The van der Waals surface area contributed by atoms with Crippen LogP contribution in [-0.2, 0) is 33.2 Å². The molecule has 3 fully saturated rings. The van der Waals surface area contributed by atoms with Gasteiger partial charge in [0.15, 0.2) is 18.9 Å². The SMILES string of the molecule is CCCCCCCCCCCCCCCCCCCC/C=C/CC/C=C/C(O)C(COC1OC(CO)C(OC2OC(CO)C(OC3OC(CO)C(O)C(O)C3O)C(O)C2O)C(O)C1O)NC(=O)CCCCCCCCCCCCCCCCCCCC. The zero-order valence-electron chi connectivity index (χ0n) is 54.0. The van der Waals surface area contributed by atoms with Gasteiger partial charge in [0.1, 0.15) is 73.2 Å². The summed E-state index contributed by atoms with van der Waals surface area (Å²) in [6.45, 7) is 1.75. The molecular formula is C68H127NO18. The molecule has 12 N–H and O–H groups in total. The first-order valence-corrected chi connectivity index (χ1v) is 35.1. The van der Waals surface area contributed by atoms with Crippen LogP contribution in [0, 0.1) is 0 Å². The summed E-state index contributed by atoms with van der Waals surface area (Å²) in [5.74, 6) is -0.280. The third-order valence-corrected chi connectivity index (χ3v) is 17.8. The Morgan fingerprint density at radius 2 is 0.736 bits per heavy atom. The van der Waals surface area contributed by atoms with E-state index in [1.807, 2.05) is 6.08 Å². The Balaban J connectivity index is 1.45. The van der Waals surface area contributed by atoms with Gasteiger partial charge in [-0.1, -0.05) is 256 Å². The number of aliphatic hydroxyl groups excluding tert-OH is 11. The third kappa shape index (κ3) is 33.1. The molecule has 512 valence electrons. The van der Waals surface area contributed by atoms with Gasteiger partial charge < -0.3 is 89.9 Å². The first-order chi connectivity index (χ1) is 42.3. The number of unbranched alkanes of at least 4 members (excludes halogenated alkanes) is 36. The predicted octanol–water partition coefficient (Wildman–Crippen LogP) is 9.05. The van der Waals surface area contributed by atoms with Crippen molar-refractivity contribution in [2.75, 3.05) is 26.4 Å². The average molecular weight is 1250 g/mol. The molecule has 0 aromatic carbocycles. The van der Waals surface area contributed by atoms with E-state index in [0.717, 1.165) is 38.5 Å². The molecule has 0 aromatic rings. The lowest BCUT2D eigenvalue weighted by molar-refractivity contribution is -0.379. The van der Waals surface area contributed by atoms with Crippen molar-refractivity contribution in [1.82, 2.24) is 5.32 Å². The fourth-order valence-corrected chi connectivity index (χ4v) is 12.0. The Morgan fingerprint density at radius 3 is 1.15 bits per heavy atom. The maximum Gasteiger partial charge on any atom is 0.220 e. The second-order valence-corrected chi connectivity index (χ2v) is 25.3. The minimum atomic E-state index is -1.98. The molecule has 87 heavy (non-hydrogen) atoms. The van der Waals surface area contributed by atoms with Crippen LogP contribution < -0.4 is 5.32 Å². The molecule has 0 aliphatic carbocycles. The summed E-state index contributed by atoms with van der Waals surface area (Å²) in [5.41, 5.74) is 0. The summed E-state index contributed by atoms with van der Waals surface area (Å²) >= 11 is 0. The Bertz CT molecular complexity index is 1680. The van der Waals surface area contributed by atoms with Crippen molar-refractivity contribution < 1.29 is 89.4 Å². The molecule has 3 aliphatic rings. The zero-order valence-corrected chi connectivity index (χ0v) is 54.0. The highest BCUT2D eigenvalue weighted by Gasteiger charge is 2.53. The molecule has 1 amide bonds. The lowest BCUT2D eigenvalue weighted by atomic mass is 9.96. The van der Waals surface area contributed by atoms with Crippen molar-refractivity contribution in [3.8, 4) is 0 Å². The van der Waals surface area contributed by atoms with Crippen LogP contribution in [0.25, 0.3) is 0 Å². The van der Waals surface area contributed by atoms with Crippen molar-refractivity contribution in [3.05, 3.63) is 24.3 Å². The minimum Gasteiger partial charge on any atom is -0.394 e. The number of rotatable bonds is 54. The van der Waals surface area contributed by atoms with Crippen molar-refractivity contribution >= 4 is 5.91 Å². The zero-order chi connectivity index (χ0) is 63.3. The molecule has 0 aromatic heterocycles. The highest BCUT2D eigenvalue weighted by molar-refractivity contribution is 5.76. The molecule has 19 heteroatoms. The van der Waals surface area contributed by atoms with Gasteiger partial charge in [0.25, 0.3) is 0 Å². The number of hydrogen-bond donors (Lipinski definition) is 12. The second-order valence-electron chi connectivity index (χ2n) is 25.3. The van der Waals surface area contributed by atoms with Crippen LogP contribution in [-0.4, -0.2) is 193 Å². The van der Waals surface area contributed by atoms with Crippen LogP contribution in [0.5, 0.6) is 0 Å². The number of aliphatic hydroxyl groups is 11. The maximum atomic E-state index is 13.4. The van der Waals surface area contributed by atoms with Gasteiger partial charge in [-0.2, -0.15) is 0 Å². The Labute approximate surface area is 524 Å². The molecule has 3 heterocycles. The number of allylic oxidation sites excluding steroid dienone is 3. The molecule has 0 spiro atoms. The van der Waals surface area contributed by atoms with Crippen molar-refractivity contribution in [2.45, 2.75) is 375 Å². The Hall–Kier alpha value is -1.73. The number of carbonyl (C=O) groups is 1. The molecule has 3 saturated heterocycles. The summed E-state index contributed by atoms with van der Waals surface area (Å²) in [7, 11) is 0. The summed E-state index contributed by atoms with van der Waals surface area (Å²) < 4.78 is 34.3. The van der Waals surface area contributed by atoms with Gasteiger partial charge in [-0.05, 0) is 32.1 Å². The number of amides is 1. The molecule has 17 unspecified atom stereocenters. The van der Waals surface area contributed by atoms with Gasteiger partial charge in [0.2, 0.25) is 5.91 Å². The molecule has 0 saturated carbocycles. The van der Waals surface area contributed by atoms with E-state index in [9.17, 15) is 61.0 Å². The van der Waals surface area contributed by atoms with Crippen LogP contribution in [0.3, 0.4) is 0 Å². The van der Waals surface area contributed by atoms with Gasteiger partial charge in [-0.25, -0.2) is 0 Å². The summed E-state index contributed by atoms with van der Waals surface area (Å²) in [5, 5.41) is 120.